The quantitative estimate of drug-likeness (QED) is 0.369. The minimum atomic E-state index is -0.880. The van der Waals surface area contributed by atoms with Crippen LogP contribution in [0.5, 0.6) is 17.2 Å². The number of methoxy groups -OCH3 is 2. The number of hydrogen-bond donors (Lipinski definition) is 2. The number of ether oxygens (including phenoxy) is 3. The molecule has 0 unspecified atom stereocenters. The lowest BCUT2D eigenvalue weighted by molar-refractivity contribution is 0.0845. The van der Waals surface area contributed by atoms with E-state index in [0.29, 0.717) is 6.54 Å². The molecule has 1 aromatic carbocycles. The zero-order valence-electron chi connectivity index (χ0n) is 20.9. The van der Waals surface area contributed by atoms with Crippen molar-refractivity contribution in [3.8, 4) is 17.2 Å². The van der Waals surface area contributed by atoms with Gasteiger partial charge >= 0.3 is 0 Å². The number of likely N-dealkylation sites (N-methyl/N-ethyl adjacent to an activating group) is 1. The topological polar surface area (TPSA) is 119 Å². The van der Waals surface area contributed by atoms with E-state index in [1.54, 1.807) is 6.08 Å². The van der Waals surface area contributed by atoms with Gasteiger partial charge in [0.15, 0.2) is 28.9 Å². The number of nitrogens with zero attached hydrogens (tertiary/aromatic N) is 5. The second kappa shape index (κ2) is 12.5. The van der Waals surface area contributed by atoms with Crippen molar-refractivity contribution in [2.24, 2.45) is 10.7 Å². The molecule has 196 valence electrons. The number of rotatable bonds is 10. The van der Waals surface area contributed by atoms with E-state index in [0.717, 1.165) is 37.7 Å². The van der Waals surface area contributed by atoms with Gasteiger partial charge in [0.25, 0.3) is 5.95 Å². The number of aromatic nitrogens is 2. The smallest absolute Gasteiger partial charge is 0.251 e. The van der Waals surface area contributed by atoms with Gasteiger partial charge in [-0.05, 0) is 12.8 Å². The normalized spacial score (nSPS) is 15.6. The number of benzene rings is 1. The first-order valence-electron chi connectivity index (χ1n) is 11.4. The Morgan fingerprint density at radius 1 is 1.17 bits per heavy atom. The highest BCUT2D eigenvalue weighted by Crippen LogP contribution is 2.32. The lowest BCUT2D eigenvalue weighted by Gasteiger charge is -2.31. The summed E-state index contributed by atoms with van der Waals surface area (Å²) in [5.74, 6) is -1.57. The standard InChI is InChI=1S/C24H32F2N6O4/c1-31(2)15(13-32-7-5-16(33)6-8-32)9-21(27)30-24-28-11-17(12-29-24)36-14-18-22(25)19(34-3)10-20(35-4)23(18)26/h9-12,16,33H,5-8,13-14H2,1-4H3,(H2,27,28,29,30)/b15-9-. The van der Waals surface area contributed by atoms with Crippen LogP contribution in [0.2, 0.25) is 0 Å². The molecule has 2 aromatic rings. The van der Waals surface area contributed by atoms with E-state index in [1.807, 2.05) is 19.0 Å². The van der Waals surface area contributed by atoms with E-state index in [-0.39, 0.29) is 40.7 Å². The maximum atomic E-state index is 14.5. The first-order chi connectivity index (χ1) is 17.2. The van der Waals surface area contributed by atoms with Gasteiger partial charge in [-0.25, -0.2) is 18.7 Å². The summed E-state index contributed by atoms with van der Waals surface area (Å²) in [5, 5.41) is 9.70. The summed E-state index contributed by atoms with van der Waals surface area (Å²) in [6.45, 7) is 1.86. The van der Waals surface area contributed by atoms with Crippen LogP contribution in [0.3, 0.4) is 0 Å². The second-order valence-corrected chi connectivity index (χ2v) is 8.47. The SMILES string of the molecule is COc1cc(OC)c(F)c(COc2cnc(N=C(N)/C=C(/CN3CCC(O)CC3)N(C)C)nc2)c1F. The van der Waals surface area contributed by atoms with Gasteiger partial charge in [0.05, 0.1) is 38.3 Å². The van der Waals surface area contributed by atoms with Crippen LogP contribution in [-0.2, 0) is 6.61 Å². The predicted molar refractivity (Wildman–Crippen MR) is 131 cm³/mol. The largest absolute Gasteiger partial charge is 0.494 e. The maximum absolute atomic E-state index is 14.5. The van der Waals surface area contributed by atoms with E-state index < -0.39 is 18.2 Å². The highest BCUT2D eigenvalue weighted by molar-refractivity contribution is 5.93. The summed E-state index contributed by atoms with van der Waals surface area (Å²) in [4.78, 5) is 16.6. The molecule has 3 N–H and O–H groups in total. The van der Waals surface area contributed by atoms with Crippen LogP contribution in [0.25, 0.3) is 0 Å². The van der Waals surface area contributed by atoms with Crippen LogP contribution in [0.15, 0.2) is 35.2 Å². The molecule has 0 atom stereocenters. The van der Waals surface area contributed by atoms with E-state index in [9.17, 15) is 13.9 Å². The number of aliphatic hydroxyl groups excluding tert-OH is 1. The molecule has 12 heteroatoms. The average Bonchev–Trinajstić information content (AvgIpc) is 2.86. The molecular formula is C24H32F2N6O4. The minimum absolute atomic E-state index is 0.107. The van der Waals surface area contributed by atoms with Gasteiger partial charge in [-0.1, -0.05) is 0 Å². The molecule has 1 aliphatic rings. The van der Waals surface area contributed by atoms with Gasteiger partial charge in [-0.2, -0.15) is 4.99 Å². The van der Waals surface area contributed by atoms with Crippen molar-refractivity contribution < 1.29 is 28.1 Å². The van der Waals surface area contributed by atoms with Crippen LogP contribution in [0.1, 0.15) is 18.4 Å². The van der Waals surface area contributed by atoms with Crippen LogP contribution < -0.4 is 19.9 Å². The van der Waals surface area contributed by atoms with Gasteiger partial charge in [0.1, 0.15) is 12.4 Å². The second-order valence-electron chi connectivity index (χ2n) is 8.47. The van der Waals surface area contributed by atoms with Gasteiger partial charge in [-0.15, -0.1) is 0 Å². The third kappa shape index (κ3) is 7.01. The Balaban J connectivity index is 1.67. The predicted octanol–water partition coefficient (Wildman–Crippen LogP) is 2.24. The first kappa shape index (κ1) is 27.1. The van der Waals surface area contributed by atoms with Crippen LogP contribution in [0, 0.1) is 11.6 Å². The van der Waals surface area contributed by atoms with Crippen LogP contribution in [0.4, 0.5) is 14.7 Å². The fourth-order valence-electron chi connectivity index (χ4n) is 3.60. The molecule has 10 nitrogen and oxygen atoms in total. The third-order valence-corrected chi connectivity index (χ3v) is 5.72. The Morgan fingerprint density at radius 3 is 2.28 bits per heavy atom. The molecule has 1 aliphatic heterocycles. The fraction of sp³-hybridized carbons (Fsp3) is 0.458. The number of halogens is 2. The van der Waals surface area contributed by atoms with Gasteiger partial charge in [-0.3, -0.25) is 4.90 Å². The molecule has 0 bridgehead atoms. The van der Waals surface area contributed by atoms with Crippen molar-refractivity contribution in [1.82, 2.24) is 19.8 Å². The molecule has 0 amide bonds. The monoisotopic (exact) mass is 506 g/mol. The lowest BCUT2D eigenvalue weighted by Crippen LogP contribution is -2.39. The molecule has 36 heavy (non-hydrogen) atoms. The molecule has 0 aliphatic carbocycles. The Hall–Kier alpha value is -3.51. The molecule has 0 saturated carbocycles. The molecule has 1 saturated heterocycles. The number of nitrogens with two attached hydrogens (primary N) is 1. The van der Waals surface area contributed by atoms with Crippen molar-refractivity contribution in [2.45, 2.75) is 25.6 Å². The molecular weight excluding hydrogens is 474 g/mol. The Labute approximate surface area is 209 Å². The number of piperidine rings is 1. The average molecular weight is 507 g/mol. The molecule has 0 radical (unpaired) electrons. The molecule has 2 heterocycles. The van der Waals surface area contributed by atoms with Crippen molar-refractivity contribution in [3.05, 3.63) is 47.4 Å². The Kier molecular flexibility index (Phi) is 9.37. The Bertz CT molecular complexity index is 1060. The van der Waals surface area contributed by atoms with E-state index >= 15 is 0 Å². The van der Waals surface area contributed by atoms with Crippen molar-refractivity contribution in [1.29, 1.82) is 0 Å². The van der Waals surface area contributed by atoms with Crippen molar-refractivity contribution >= 4 is 11.8 Å². The van der Waals surface area contributed by atoms with Crippen LogP contribution >= 0.6 is 0 Å². The van der Waals surface area contributed by atoms with Gasteiger partial charge < -0.3 is 30.0 Å². The molecule has 0 spiro atoms. The summed E-state index contributed by atoms with van der Waals surface area (Å²) < 4.78 is 44.3. The highest BCUT2D eigenvalue weighted by Gasteiger charge is 2.21. The number of likely N-dealkylation sites (tertiary alicyclic amines) is 1. The van der Waals surface area contributed by atoms with Crippen molar-refractivity contribution in [3.63, 3.8) is 0 Å². The summed E-state index contributed by atoms with van der Waals surface area (Å²) in [6, 6.07) is 1.13. The zero-order chi connectivity index (χ0) is 26.2. The van der Waals surface area contributed by atoms with Crippen molar-refractivity contribution in [2.75, 3.05) is 47.9 Å². The van der Waals surface area contributed by atoms with Gasteiger partial charge in [0.2, 0.25) is 0 Å². The number of aliphatic hydroxyl groups is 1. The molecule has 3 rings (SSSR count). The maximum Gasteiger partial charge on any atom is 0.251 e. The highest BCUT2D eigenvalue weighted by atomic mass is 19.1. The Morgan fingerprint density at radius 2 is 1.75 bits per heavy atom. The summed E-state index contributed by atoms with van der Waals surface area (Å²) >= 11 is 0. The van der Waals surface area contributed by atoms with E-state index in [2.05, 4.69) is 19.9 Å². The summed E-state index contributed by atoms with van der Waals surface area (Å²) in [7, 11) is 6.39. The van der Waals surface area contributed by atoms with Crippen LogP contribution in [-0.4, -0.2) is 84.8 Å². The molecule has 1 fully saturated rings. The van der Waals surface area contributed by atoms with Gasteiger partial charge in [0, 0.05) is 51.6 Å². The summed E-state index contributed by atoms with van der Waals surface area (Å²) in [5.41, 5.74) is 6.71. The minimum Gasteiger partial charge on any atom is -0.494 e. The third-order valence-electron chi connectivity index (χ3n) is 5.72. The zero-order valence-corrected chi connectivity index (χ0v) is 20.9. The van der Waals surface area contributed by atoms with E-state index in [4.69, 9.17) is 19.9 Å². The number of aliphatic imine (C=N–C) groups is 1. The summed E-state index contributed by atoms with van der Waals surface area (Å²) in [6.07, 6.45) is 5.68. The van der Waals surface area contributed by atoms with E-state index in [1.165, 1.54) is 26.6 Å². The number of amidine groups is 1. The first-order valence-corrected chi connectivity index (χ1v) is 11.4. The number of hydrogen-bond acceptors (Lipinski definition) is 9. The fourth-order valence-corrected chi connectivity index (χ4v) is 3.60. The lowest BCUT2D eigenvalue weighted by atomic mass is 10.1. The molecule has 1 aromatic heterocycles.